The van der Waals surface area contributed by atoms with Gasteiger partial charge in [0, 0.05) is 19.0 Å². The van der Waals surface area contributed by atoms with Gasteiger partial charge in [0.25, 0.3) is 5.91 Å². The van der Waals surface area contributed by atoms with E-state index in [0.29, 0.717) is 25.1 Å². The van der Waals surface area contributed by atoms with Gasteiger partial charge in [-0.25, -0.2) is 5.48 Å². The molecule has 2 amide bonds. The number of amides is 2. The van der Waals surface area contributed by atoms with E-state index in [9.17, 15) is 9.59 Å². The summed E-state index contributed by atoms with van der Waals surface area (Å²) in [5.74, 6) is -0.374. The molecule has 7 nitrogen and oxygen atoms in total. The van der Waals surface area contributed by atoms with E-state index in [1.165, 1.54) is 11.5 Å². The zero-order valence-corrected chi connectivity index (χ0v) is 11.2. The van der Waals surface area contributed by atoms with E-state index in [1.54, 1.807) is 0 Å². The fourth-order valence-corrected chi connectivity index (χ4v) is 1.76. The van der Waals surface area contributed by atoms with Gasteiger partial charge in [-0.1, -0.05) is 35.5 Å². The van der Waals surface area contributed by atoms with Crippen LogP contribution in [0.15, 0.2) is 40.9 Å². The first-order valence-corrected chi connectivity index (χ1v) is 6.39. The summed E-state index contributed by atoms with van der Waals surface area (Å²) >= 11 is 0. The van der Waals surface area contributed by atoms with Gasteiger partial charge in [0.2, 0.25) is 5.91 Å². The molecule has 21 heavy (non-hydrogen) atoms. The largest absolute Gasteiger partial charge is 0.361 e. The van der Waals surface area contributed by atoms with Crippen LogP contribution in [0.4, 0.5) is 0 Å². The summed E-state index contributed by atoms with van der Waals surface area (Å²) in [6.45, 7) is 0.376. The molecular formula is C14H15N3O4. The average Bonchev–Trinajstić information content (AvgIpc) is 2.96. The number of benzene rings is 1. The summed E-state index contributed by atoms with van der Waals surface area (Å²) in [6, 6.07) is 10.8. The van der Waals surface area contributed by atoms with Crippen molar-refractivity contribution < 1.29 is 19.3 Å². The molecule has 1 heterocycles. The highest BCUT2D eigenvalue weighted by molar-refractivity contribution is 5.91. The van der Waals surface area contributed by atoms with Gasteiger partial charge < -0.3 is 9.84 Å². The standard InChI is InChI=1S/C14H15N3O4/c18-13(8-10-4-2-1-3-5-10)15-7-6-11-9-12(17-21-11)14(19)16-20/h1-5,9,20H,6-8H2,(H,15,18)(H,16,19). The van der Waals surface area contributed by atoms with Crippen LogP contribution >= 0.6 is 0 Å². The van der Waals surface area contributed by atoms with Crippen LogP contribution in [0.25, 0.3) is 0 Å². The highest BCUT2D eigenvalue weighted by Crippen LogP contribution is 2.04. The maximum absolute atomic E-state index is 11.7. The number of hydrogen-bond donors (Lipinski definition) is 3. The van der Waals surface area contributed by atoms with Crippen molar-refractivity contribution in [2.24, 2.45) is 0 Å². The summed E-state index contributed by atoms with van der Waals surface area (Å²) in [6.07, 6.45) is 0.724. The Morgan fingerprint density at radius 2 is 2.00 bits per heavy atom. The molecule has 0 bridgehead atoms. The quantitative estimate of drug-likeness (QED) is 0.536. The van der Waals surface area contributed by atoms with E-state index in [-0.39, 0.29) is 11.6 Å². The number of nitrogens with one attached hydrogen (secondary N) is 2. The second-order valence-corrected chi connectivity index (χ2v) is 4.38. The molecule has 0 spiro atoms. The molecule has 2 aromatic rings. The fraction of sp³-hybridized carbons (Fsp3) is 0.214. The Kier molecular flexibility index (Phi) is 5.05. The van der Waals surface area contributed by atoms with Crippen LogP contribution in [-0.2, 0) is 17.6 Å². The lowest BCUT2D eigenvalue weighted by atomic mass is 10.1. The molecule has 0 aliphatic heterocycles. The van der Waals surface area contributed by atoms with E-state index in [4.69, 9.17) is 9.73 Å². The minimum Gasteiger partial charge on any atom is -0.361 e. The Hall–Kier alpha value is -2.67. The van der Waals surface area contributed by atoms with Crippen LogP contribution < -0.4 is 10.8 Å². The van der Waals surface area contributed by atoms with Gasteiger partial charge in [0.1, 0.15) is 5.76 Å². The minimum absolute atomic E-state index is 0.0110. The van der Waals surface area contributed by atoms with Crippen molar-refractivity contribution in [3.8, 4) is 0 Å². The molecule has 2 rings (SSSR count). The van der Waals surface area contributed by atoms with Crippen molar-refractivity contribution in [1.82, 2.24) is 16.0 Å². The van der Waals surface area contributed by atoms with Gasteiger partial charge in [-0.2, -0.15) is 0 Å². The highest BCUT2D eigenvalue weighted by Gasteiger charge is 2.11. The van der Waals surface area contributed by atoms with Crippen LogP contribution in [0, 0.1) is 0 Å². The first-order valence-electron chi connectivity index (χ1n) is 6.39. The predicted molar refractivity (Wildman–Crippen MR) is 72.6 cm³/mol. The molecule has 0 atom stereocenters. The number of rotatable bonds is 6. The fourth-order valence-electron chi connectivity index (χ4n) is 1.76. The van der Waals surface area contributed by atoms with Gasteiger partial charge in [-0.05, 0) is 5.56 Å². The van der Waals surface area contributed by atoms with Gasteiger partial charge in [-0.3, -0.25) is 14.8 Å². The minimum atomic E-state index is -0.738. The van der Waals surface area contributed by atoms with Gasteiger partial charge in [0.15, 0.2) is 5.69 Å². The maximum atomic E-state index is 11.7. The van der Waals surface area contributed by atoms with Crippen molar-refractivity contribution in [3.63, 3.8) is 0 Å². The summed E-state index contributed by atoms with van der Waals surface area (Å²) in [7, 11) is 0. The summed E-state index contributed by atoms with van der Waals surface area (Å²) in [5.41, 5.74) is 2.40. The van der Waals surface area contributed by atoms with Crippen molar-refractivity contribution in [3.05, 3.63) is 53.4 Å². The number of nitrogens with zero attached hydrogens (tertiary/aromatic N) is 1. The van der Waals surface area contributed by atoms with Gasteiger partial charge in [0.05, 0.1) is 6.42 Å². The lowest BCUT2D eigenvalue weighted by molar-refractivity contribution is -0.120. The number of hydroxylamine groups is 1. The molecular weight excluding hydrogens is 274 g/mol. The topological polar surface area (TPSA) is 104 Å². The Balaban J connectivity index is 1.75. The first kappa shape index (κ1) is 14.7. The maximum Gasteiger partial charge on any atom is 0.296 e. The zero-order chi connectivity index (χ0) is 15.1. The third-order valence-corrected chi connectivity index (χ3v) is 2.79. The normalized spacial score (nSPS) is 10.1. The molecule has 110 valence electrons. The molecule has 7 heteroatoms. The molecule has 0 aliphatic carbocycles. The van der Waals surface area contributed by atoms with Crippen LogP contribution in [0.1, 0.15) is 21.8 Å². The highest BCUT2D eigenvalue weighted by atomic mass is 16.5. The SMILES string of the molecule is O=C(Cc1ccccc1)NCCc1cc(C(=O)NO)no1. The molecule has 0 aliphatic rings. The lowest BCUT2D eigenvalue weighted by Crippen LogP contribution is -2.27. The van der Waals surface area contributed by atoms with Crippen molar-refractivity contribution in [1.29, 1.82) is 0 Å². The second kappa shape index (κ2) is 7.20. The van der Waals surface area contributed by atoms with E-state index in [1.807, 2.05) is 30.3 Å². The van der Waals surface area contributed by atoms with Crippen molar-refractivity contribution >= 4 is 11.8 Å². The predicted octanol–water partition coefficient (Wildman–Crippen LogP) is 0.695. The van der Waals surface area contributed by atoms with E-state index < -0.39 is 5.91 Å². The molecule has 0 radical (unpaired) electrons. The smallest absolute Gasteiger partial charge is 0.296 e. The molecule has 0 unspecified atom stereocenters. The first-order chi connectivity index (χ1) is 10.2. The Morgan fingerprint density at radius 1 is 1.24 bits per heavy atom. The van der Waals surface area contributed by atoms with Gasteiger partial charge in [-0.15, -0.1) is 0 Å². The molecule has 3 N–H and O–H groups in total. The average molecular weight is 289 g/mol. The van der Waals surface area contributed by atoms with Crippen LogP contribution in [0.5, 0.6) is 0 Å². The molecule has 0 saturated carbocycles. The number of carbonyl (C=O) groups is 2. The zero-order valence-electron chi connectivity index (χ0n) is 11.2. The van der Waals surface area contributed by atoms with E-state index in [2.05, 4.69) is 10.5 Å². The Labute approximate surface area is 120 Å². The Morgan fingerprint density at radius 3 is 2.71 bits per heavy atom. The molecule has 1 aromatic heterocycles. The lowest BCUT2D eigenvalue weighted by Gasteiger charge is -2.03. The van der Waals surface area contributed by atoms with Crippen LogP contribution in [0.2, 0.25) is 0 Å². The van der Waals surface area contributed by atoms with Crippen molar-refractivity contribution in [2.75, 3.05) is 6.54 Å². The monoisotopic (exact) mass is 289 g/mol. The molecule has 0 saturated heterocycles. The second-order valence-electron chi connectivity index (χ2n) is 4.38. The summed E-state index contributed by atoms with van der Waals surface area (Å²) < 4.78 is 4.91. The van der Waals surface area contributed by atoms with Gasteiger partial charge >= 0.3 is 0 Å². The third-order valence-electron chi connectivity index (χ3n) is 2.79. The molecule has 1 aromatic carbocycles. The number of carbonyl (C=O) groups excluding carboxylic acids is 2. The third kappa shape index (κ3) is 4.43. The van der Waals surface area contributed by atoms with Crippen LogP contribution in [-0.4, -0.2) is 28.7 Å². The molecule has 0 fully saturated rings. The van der Waals surface area contributed by atoms with E-state index >= 15 is 0 Å². The van der Waals surface area contributed by atoms with E-state index in [0.717, 1.165) is 5.56 Å². The van der Waals surface area contributed by atoms with Crippen LogP contribution in [0.3, 0.4) is 0 Å². The summed E-state index contributed by atoms with van der Waals surface area (Å²) in [4.78, 5) is 22.8. The number of aromatic nitrogens is 1. The van der Waals surface area contributed by atoms with Crippen molar-refractivity contribution in [2.45, 2.75) is 12.8 Å². The Bertz CT molecular complexity index is 610. The number of hydrogen-bond acceptors (Lipinski definition) is 5. The summed E-state index contributed by atoms with van der Waals surface area (Å²) in [5, 5.41) is 14.7.